The highest BCUT2D eigenvalue weighted by atomic mass is 35.5. The van der Waals surface area contributed by atoms with Gasteiger partial charge in [0.05, 0.1) is 10.8 Å². The Morgan fingerprint density at radius 3 is 2.81 bits per heavy atom. The lowest BCUT2D eigenvalue weighted by molar-refractivity contribution is -0.113. The maximum Gasteiger partial charge on any atom is 0.234 e. The van der Waals surface area contributed by atoms with Crippen molar-refractivity contribution in [3.05, 3.63) is 76.6 Å². The molecular weight excluding hydrogens is 455 g/mol. The number of nitrogens with one attached hydrogen (secondary N) is 1. The van der Waals surface area contributed by atoms with E-state index in [4.69, 9.17) is 27.9 Å². The van der Waals surface area contributed by atoms with E-state index >= 15 is 0 Å². The number of allylic oxidation sites excluding steroid dienone is 1. The molecule has 0 aliphatic rings. The Hall–Kier alpha value is -2.48. The van der Waals surface area contributed by atoms with E-state index in [1.807, 2.05) is 28.8 Å². The molecule has 3 rings (SSSR count). The zero-order chi connectivity index (χ0) is 22.2. The molecular formula is C22H22Cl2N4O2S. The Bertz CT molecular complexity index is 1070. The molecule has 1 amide bonds. The average Bonchev–Trinajstić information content (AvgIpc) is 3.14. The molecule has 1 N–H and O–H groups in total. The van der Waals surface area contributed by atoms with Crippen molar-refractivity contribution >= 4 is 46.6 Å². The second-order valence-corrected chi connectivity index (χ2v) is 8.30. The van der Waals surface area contributed by atoms with Crippen molar-refractivity contribution in [1.82, 2.24) is 14.8 Å². The molecule has 1 aromatic heterocycles. The number of aromatic nitrogens is 3. The molecule has 0 spiro atoms. The van der Waals surface area contributed by atoms with Crippen molar-refractivity contribution in [2.75, 3.05) is 11.1 Å². The van der Waals surface area contributed by atoms with Gasteiger partial charge in [0.15, 0.2) is 11.0 Å². The summed E-state index contributed by atoms with van der Waals surface area (Å²) in [5.74, 6) is 1.20. The normalized spacial score (nSPS) is 10.7. The van der Waals surface area contributed by atoms with Gasteiger partial charge in [-0.25, -0.2) is 0 Å². The van der Waals surface area contributed by atoms with E-state index in [1.165, 1.54) is 11.8 Å². The fraction of sp³-hybridized carbons (Fsp3) is 0.227. The van der Waals surface area contributed by atoms with Crippen molar-refractivity contribution < 1.29 is 9.53 Å². The third-order valence-electron chi connectivity index (χ3n) is 4.36. The molecule has 162 valence electrons. The predicted molar refractivity (Wildman–Crippen MR) is 126 cm³/mol. The Balaban J connectivity index is 1.64. The number of hydrogen-bond acceptors (Lipinski definition) is 5. The van der Waals surface area contributed by atoms with Crippen molar-refractivity contribution in [2.45, 2.75) is 31.7 Å². The summed E-state index contributed by atoms with van der Waals surface area (Å²) in [5, 5.41) is 12.9. The third-order valence-corrected chi connectivity index (χ3v) is 5.86. The summed E-state index contributed by atoms with van der Waals surface area (Å²) in [7, 11) is 0. The Morgan fingerprint density at radius 2 is 2.06 bits per heavy atom. The summed E-state index contributed by atoms with van der Waals surface area (Å²) < 4.78 is 7.63. The first kappa shape index (κ1) is 23.2. The fourth-order valence-electron chi connectivity index (χ4n) is 2.85. The minimum Gasteiger partial charge on any atom is -0.484 e. The molecule has 3 aromatic rings. The maximum atomic E-state index is 12.4. The summed E-state index contributed by atoms with van der Waals surface area (Å²) in [6.07, 6.45) is 2.59. The predicted octanol–water partition coefficient (Wildman–Crippen LogP) is 5.64. The highest BCUT2D eigenvalue weighted by Crippen LogP contribution is 2.28. The molecule has 0 unspecified atom stereocenters. The number of amides is 1. The van der Waals surface area contributed by atoms with Gasteiger partial charge in [-0.15, -0.1) is 16.8 Å². The lowest BCUT2D eigenvalue weighted by Crippen LogP contribution is -2.16. The minimum absolute atomic E-state index is 0.107. The number of anilines is 1. The minimum atomic E-state index is -0.107. The summed E-state index contributed by atoms with van der Waals surface area (Å²) in [4.78, 5) is 12.4. The largest absolute Gasteiger partial charge is 0.484 e. The number of carbonyl (C=O) groups excluding carboxylic acids is 1. The zero-order valence-corrected chi connectivity index (χ0v) is 19.3. The summed E-state index contributed by atoms with van der Waals surface area (Å²) in [6.45, 7) is 6.50. The van der Waals surface area contributed by atoms with Crippen LogP contribution in [0.5, 0.6) is 5.75 Å². The van der Waals surface area contributed by atoms with Gasteiger partial charge in [0, 0.05) is 17.3 Å². The first-order chi connectivity index (χ1) is 15.0. The van der Waals surface area contributed by atoms with Gasteiger partial charge >= 0.3 is 0 Å². The van der Waals surface area contributed by atoms with Gasteiger partial charge in [-0.2, -0.15) is 0 Å². The van der Waals surface area contributed by atoms with Gasteiger partial charge in [0.1, 0.15) is 12.4 Å². The van der Waals surface area contributed by atoms with Crippen LogP contribution in [0.3, 0.4) is 0 Å². The monoisotopic (exact) mass is 476 g/mol. The van der Waals surface area contributed by atoms with Crippen LogP contribution in [0.25, 0.3) is 0 Å². The van der Waals surface area contributed by atoms with Gasteiger partial charge in [-0.05, 0) is 36.2 Å². The van der Waals surface area contributed by atoms with E-state index in [2.05, 4.69) is 29.0 Å². The molecule has 0 saturated carbocycles. The third kappa shape index (κ3) is 6.26. The molecule has 2 aromatic carbocycles. The van der Waals surface area contributed by atoms with Crippen LogP contribution < -0.4 is 10.1 Å². The van der Waals surface area contributed by atoms with Crippen LogP contribution >= 0.6 is 35.0 Å². The summed E-state index contributed by atoms with van der Waals surface area (Å²) in [6, 6.07) is 12.8. The zero-order valence-electron chi connectivity index (χ0n) is 17.0. The Kier molecular flexibility index (Phi) is 8.40. The number of benzene rings is 2. The lowest BCUT2D eigenvalue weighted by atomic mass is 10.1. The van der Waals surface area contributed by atoms with Crippen LogP contribution in [0.1, 0.15) is 18.3 Å². The van der Waals surface area contributed by atoms with Gasteiger partial charge in [-0.3, -0.25) is 9.36 Å². The molecule has 0 fully saturated rings. The van der Waals surface area contributed by atoms with Gasteiger partial charge in [-0.1, -0.05) is 66.2 Å². The molecule has 0 saturated heterocycles. The van der Waals surface area contributed by atoms with Crippen LogP contribution in [0, 0.1) is 0 Å². The average molecular weight is 477 g/mol. The number of para-hydroxylation sites is 1. The van der Waals surface area contributed by atoms with Crippen LogP contribution in [-0.4, -0.2) is 26.4 Å². The lowest BCUT2D eigenvalue weighted by Gasteiger charge is -2.11. The van der Waals surface area contributed by atoms with Crippen LogP contribution in [0.15, 0.2) is 60.3 Å². The second-order valence-electron chi connectivity index (χ2n) is 6.51. The molecule has 0 aliphatic heterocycles. The maximum absolute atomic E-state index is 12.4. The number of hydrogen-bond donors (Lipinski definition) is 1. The van der Waals surface area contributed by atoms with Crippen molar-refractivity contribution in [2.24, 2.45) is 0 Å². The van der Waals surface area contributed by atoms with E-state index in [-0.39, 0.29) is 18.3 Å². The first-order valence-electron chi connectivity index (χ1n) is 9.63. The van der Waals surface area contributed by atoms with Crippen LogP contribution in [0.4, 0.5) is 5.69 Å². The Labute approximate surface area is 195 Å². The molecule has 0 radical (unpaired) electrons. The second kappa shape index (κ2) is 11.2. The smallest absolute Gasteiger partial charge is 0.234 e. The van der Waals surface area contributed by atoms with Crippen molar-refractivity contribution in [3.8, 4) is 5.75 Å². The molecule has 0 bridgehead atoms. The van der Waals surface area contributed by atoms with E-state index < -0.39 is 0 Å². The molecule has 0 atom stereocenters. The number of rotatable bonds is 10. The molecule has 9 heteroatoms. The van der Waals surface area contributed by atoms with Gasteiger partial charge in [0.2, 0.25) is 5.91 Å². The number of halogens is 2. The number of aryl methyl sites for hydroxylation is 1. The van der Waals surface area contributed by atoms with Crippen molar-refractivity contribution in [3.63, 3.8) is 0 Å². The van der Waals surface area contributed by atoms with Gasteiger partial charge < -0.3 is 10.1 Å². The number of carbonyl (C=O) groups is 1. The molecule has 6 nitrogen and oxygen atoms in total. The summed E-state index contributed by atoms with van der Waals surface area (Å²) in [5.41, 5.74) is 1.92. The van der Waals surface area contributed by atoms with E-state index in [1.54, 1.807) is 24.3 Å². The first-order valence-corrected chi connectivity index (χ1v) is 11.4. The SMILES string of the molecule is C=CCn1c(COc2ccc(Cl)cc2Cl)nnc1SCC(=O)Nc1ccccc1CC. The molecule has 1 heterocycles. The van der Waals surface area contributed by atoms with E-state index in [0.717, 1.165) is 17.7 Å². The Morgan fingerprint density at radius 1 is 1.26 bits per heavy atom. The van der Waals surface area contributed by atoms with E-state index in [0.29, 0.717) is 33.3 Å². The highest BCUT2D eigenvalue weighted by Gasteiger charge is 2.15. The quantitative estimate of drug-likeness (QED) is 0.302. The molecule has 0 aliphatic carbocycles. The van der Waals surface area contributed by atoms with E-state index in [9.17, 15) is 4.79 Å². The van der Waals surface area contributed by atoms with Gasteiger partial charge in [0.25, 0.3) is 0 Å². The number of nitrogens with zero attached hydrogens (tertiary/aromatic N) is 3. The van der Waals surface area contributed by atoms with Crippen molar-refractivity contribution in [1.29, 1.82) is 0 Å². The highest BCUT2D eigenvalue weighted by molar-refractivity contribution is 7.99. The van der Waals surface area contributed by atoms with Crippen LogP contribution in [0.2, 0.25) is 10.0 Å². The molecule has 31 heavy (non-hydrogen) atoms. The number of ether oxygens (including phenoxy) is 1. The number of thioether (sulfide) groups is 1. The standard InChI is InChI=1S/C22H22Cl2N4O2S/c1-3-11-28-20(13-30-19-10-9-16(23)12-17(19)24)26-27-22(28)31-14-21(29)25-18-8-6-5-7-15(18)4-2/h3,5-10,12H,1,4,11,13-14H2,2H3,(H,25,29). The van der Waals surface area contributed by atoms with Crippen LogP contribution in [-0.2, 0) is 24.4 Å². The fourth-order valence-corrected chi connectivity index (χ4v) is 4.08. The topological polar surface area (TPSA) is 69.0 Å². The summed E-state index contributed by atoms with van der Waals surface area (Å²) >= 11 is 13.4.